The third kappa shape index (κ3) is 2.73. The Hall–Kier alpha value is -1.03. The van der Waals surface area contributed by atoms with E-state index in [1.165, 1.54) is 0 Å². The molecule has 0 aromatic heterocycles. The molecule has 0 saturated carbocycles. The Kier molecular flexibility index (Phi) is 3.16. The number of rotatable bonds is 2. The van der Waals surface area contributed by atoms with Gasteiger partial charge in [-0.2, -0.15) is 13.2 Å². The molecule has 0 amide bonds. The van der Waals surface area contributed by atoms with Gasteiger partial charge in [0, 0.05) is 6.61 Å². The van der Waals surface area contributed by atoms with Crippen LogP contribution in [0.1, 0.15) is 16.7 Å². The molecule has 78 valence electrons. The molecular formula is C10H11F3O. The van der Waals surface area contributed by atoms with Crippen molar-refractivity contribution in [2.45, 2.75) is 19.5 Å². The Morgan fingerprint density at radius 1 is 1.21 bits per heavy atom. The van der Waals surface area contributed by atoms with E-state index in [4.69, 9.17) is 5.11 Å². The van der Waals surface area contributed by atoms with E-state index < -0.39 is 11.7 Å². The van der Waals surface area contributed by atoms with Crippen LogP contribution in [0.5, 0.6) is 0 Å². The molecule has 1 nitrogen and oxygen atoms in total. The number of alkyl halides is 3. The van der Waals surface area contributed by atoms with Crippen LogP contribution in [0.25, 0.3) is 0 Å². The van der Waals surface area contributed by atoms with Crippen molar-refractivity contribution in [2.75, 3.05) is 6.61 Å². The number of halogens is 3. The maximum atomic E-state index is 12.3. The van der Waals surface area contributed by atoms with Gasteiger partial charge in [-0.15, -0.1) is 0 Å². The SMILES string of the molecule is Cc1cc(CCO)cc(C(F)(F)F)c1. The molecule has 0 radical (unpaired) electrons. The molecular weight excluding hydrogens is 193 g/mol. The quantitative estimate of drug-likeness (QED) is 0.784. The molecule has 4 heteroatoms. The van der Waals surface area contributed by atoms with Gasteiger partial charge in [0.25, 0.3) is 0 Å². The summed E-state index contributed by atoms with van der Waals surface area (Å²) in [4.78, 5) is 0. The lowest BCUT2D eigenvalue weighted by molar-refractivity contribution is -0.137. The van der Waals surface area contributed by atoms with Crippen LogP contribution < -0.4 is 0 Å². The number of aryl methyl sites for hydroxylation is 1. The van der Waals surface area contributed by atoms with Gasteiger partial charge in [0.15, 0.2) is 0 Å². The van der Waals surface area contributed by atoms with E-state index in [0.29, 0.717) is 11.1 Å². The van der Waals surface area contributed by atoms with Crippen molar-refractivity contribution in [3.8, 4) is 0 Å². The topological polar surface area (TPSA) is 20.2 Å². The van der Waals surface area contributed by atoms with Gasteiger partial charge in [-0.3, -0.25) is 0 Å². The van der Waals surface area contributed by atoms with Crippen LogP contribution >= 0.6 is 0 Å². The molecule has 0 spiro atoms. The van der Waals surface area contributed by atoms with Gasteiger partial charge in [0.1, 0.15) is 0 Å². The van der Waals surface area contributed by atoms with Gasteiger partial charge in [-0.1, -0.05) is 11.6 Å². The third-order valence-electron chi connectivity index (χ3n) is 1.86. The molecule has 0 heterocycles. The molecule has 1 aromatic carbocycles. The number of benzene rings is 1. The summed E-state index contributed by atoms with van der Waals surface area (Å²) in [5, 5.41) is 8.62. The van der Waals surface area contributed by atoms with E-state index in [9.17, 15) is 13.2 Å². The highest BCUT2D eigenvalue weighted by Gasteiger charge is 2.30. The van der Waals surface area contributed by atoms with Crippen LogP contribution in [0.3, 0.4) is 0 Å². The molecule has 0 aliphatic heterocycles. The van der Waals surface area contributed by atoms with Crippen LogP contribution in [-0.2, 0) is 12.6 Å². The first-order valence-corrected chi connectivity index (χ1v) is 4.22. The third-order valence-corrected chi connectivity index (χ3v) is 1.86. The standard InChI is InChI=1S/C10H11F3O/c1-7-4-8(2-3-14)6-9(5-7)10(11,12)13/h4-6,14H,2-3H2,1H3. The minimum Gasteiger partial charge on any atom is -0.396 e. The van der Waals surface area contributed by atoms with Gasteiger partial charge >= 0.3 is 6.18 Å². The zero-order chi connectivity index (χ0) is 10.8. The summed E-state index contributed by atoms with van der Waals surface area (Å²) in [6.45, 7) is 1.47. The molecule has 0 aliphatic carbocycles. The number of aliphatic hydroxyl groups excluding tert-OH is 1. The fourth-order valence-corrected chi connectivity index (χ4v) is 1.30. The van der Waals surface area contributed by atoms with Gasteiger partial charge in [0.05, 0.1) is 5.56 Å². The summed E-state index contributed by atoms with van der Waals surface area (Å²) >= 11 is 0. The summed E-state index contributed by atoms with van der Waals surface area (Å²) in [5.41, 5.74) is 0.420. The molecule has 14 heavy (non-hydrogen) atoms. The fraction of sp³-hybridized carbons (Fsp3) is 0.400. The first-order chi connectivity index (χ1) is 6.43. The molecule has 1 N–H and O–H groups in total. The Balaban J connectivity index is 3.07. The van der Waals surface area contributed by atoms with Gasteiger partial charge in [-0.05, 0) is 31.0 Å². The Morgan fingerprint density at radius 2 is 1.86 bits per heavy atom. The van der Waals surface area contributed by atoms with Crippen molar-refractivity contribution in [1.29, 1.82) is 0 Å². The van der Waals surface area contributed by atoms with Crippen molar-refractivity contribution in [3.63, 3.8) is 0 Å². The zero-order valence-corrected chi connectivity index (χ0v) is 7.73. The summed E-state index contributed by atoms with van der Waals surface area (Å²) < 4.78 is 37.0. The molecule has 1 rings (SSSR count). The Bertz CT molecular complexity index is 318. The highest BCUT2D eigenvalue weighted by Crippen LogP contribution is 2.30. The van der Waals surface area contributed by atoms with Crippen LogP contribution in [0.4, 0.5) is 13.2 Å². The van der Waals surface area contributed by atoms with Crippen molar-refractivity contribution in [1.82, 2.24) is 0 Å². The molecule has 0 atom stereocenters. The van der Waals surface area contributed by atoms with Crippen molar-refractivity contribution < 1.29 is 18.3 Å². The molecule has 0 bridgehead atoms. The van der Waals surface area contributed by atoms with Crippen molar-refractivity contribution >= 4 is 0 Å². The highest BCUT2D eigenvalue weighted by atomic mass is 19.4. The van der Waals surface area contributed by atoms with Gasteiger partial charge in [-0.25, -0.2) is 0 Å². The lowest BCUT2D eigenvalue weighted by atomic mass is 10.0. The monoisotopic (exact) mass is 204 g/mol. The van der Waals surface area contributed by atoms with E-state index in [-0.39, 0.29) is 13.0 Å². The first-order valence-electron chi connectivity index (χ1n) is 4.22. The average Bonchev–Trinajstić information content (AvgIpc) is 2.02. The Morgan fingerprint density at radius 3 is 2.36 bits per heavy atom. The van der Waals surface area contributed by atoms with Crippen LogP contribution in [0, 0.1) is 6.92 Å². The fourth-order valence-electron chi connectivity index (χ4n) is 1.30. The van der Waals surface area contributed by atoms with Crippen LogP contribution in [0.15, 0.2) is 18.2 Å². The average molecular weight is 204 g/mol. The smallest absolute Gasteiger partial charge is 0.396 e. The molecule has 1 aromatic rings. The largest absolute Gasteiger partial charge is 0.416 e. The maximum Gasteiger partial charge on any atom is 0.416 e. The van der Waals surface area contributed by atoms with Crippen LogP contribution in [0.2, 0.25) is 0 Å². The summed E-state index contributed by atoms with van der Waals surface area (Å²) in [7, 11) is 0. The maximum absolute atomic E-state index is 12.3. The normalized spacial score (nSPS) is 11.8. The summed E-state index contributed by atoms with van der Waals surface area (Å²) in [6, 6.07) is 3.82. The lowest BCUT2D eigenvalue weighted by Crippen LogP contribution is -2.06. The second kappa shape index (κ2) is 4.00. The minimum atomic E-state index is -4.31. The number of aliphatic hydroxyl groups is 1. The predicted octanol–water partition coefficient (Wildman–Crippen LogP) is 2.55. The summed E-state index contributed by atoms with van der Waals surface area (Å²) in [6.07, 6.45) is -4.05. The van der Waals surface area contributed by atoms with Gasteiger partial charge < -0.3 is 5.11 Å². The van der Waals surface area contributed by atoms with Gasteiger partial charge in [0.2, 0.25) is 0 Å². The van der Waals surface area contributed by atoms with E-state index in [1.54, 1.807) is 13.0 Å². The lowest BCUT2D eigenvalue weighted by Gasteiger charge is -2.09. The van der Waals surface area contributed by atoms with Crippen molar-refractivity contribution in [2.24, 2.45) is 0 Å². The van der Waals surface area contributed by atoms with E-state index in [2.05, 4.69) is 0 Å². The number of hydrogen-bond acceptors (Lipinski definition) is 1. The molecule has 0 unspecified atom stereocenters. The Labute approximate surface area is 80.2 Å². The molecule has 0 fully saturated rings. The molecule has 0 saturated heterocycles. The van der Waals surface area contributed by atoms with E-state index in [1.807, 2.05) is 0 Å². The number of hydrogen-bond donors (Lipinski definition) is 1. The predicted molar refractivity (Wildman–Crippen MR) is 47.0 cm³/mol. The van der Waals surface area contributed by atoms with E-state index >= 15 is 0 Å². The minimum absolute atomic E-state index is 0.138. The van der Waals surface area contributed by atoms with Crippen LogP contribution in [-0.4, -0.2) is 11.7 Å². The second-order valence-corrected chi connectivity index (χ2v) is 3.18. The highest BCUT2D eigenvalue weighted by molar-refractivity contribution is 5.31. The van der Waals surface area contributed by atoms with E-state index in [0.717, 1.165) is 12.1 Å². The second-order valence-electron chi connectivity index (χ2n) is 3.18. The first kappa shape index (κ1) is 11.0. The molecule has 0 aliphatic rings. The van der Waals surface area contributed by atoms with Crippen molar-refractivity contribution in [3.05, 3.63) is 34.9 Å². The zero-order valence-electron chi connectivity index (χ0n) is 7.73. The summed E-state index contributed by atoms with van der Waals surface area (Å²) in [5.74, 6) is 0.